The van der Waals surface area contributed by atoms with Crippen LogP contribution in [0.1, 0.15) is 11.4 Å². The van der Waals surface area contributed by atoms with Crippen LogP contribution in [0.5, 0.6) is 11.5 Å². The molecule has 0 aliphatic carbocycles. The fourth-order valence-corrected chi connectivity index (χ4v) is 2.37. The third-order valence-electron chi connectivity index (χ3n) is 3.55. The van der Waals surface area contributed by atoms with Gasteiger partial charge in [0.25, 0.3) is 0 Å². The van der Waals surface area contributed by atoms with E-state index < -0.39 is 0 Å². The van der Waals surface area contributed by atoms with Gasteiger partial charge in [0.05, 0.1) is 20.4 Å². The molecule has 3 rings (SSSR count). The summed E-state index contributed by atoms with van der Waals surface area (Å²) in [6.07, 6.45) is 5.48. The predicted octanol–water partition coefficient (Wildman–Crippen LogP) is 2.67. The number of hydrogen-bond acceptors (Lipinski definition) is 5. The van der Waals surface area contributed by atoms with Crippen molar-refractivity contribution >= 4 is 11.3 Å². The fraction of sp³-hybridized carbons (Fsp3) is 0.250. The molecule has 1 aromatic carbocycles. The molecule has 0 aliphatic heterocycles. The molecular formula is C16H18N4O2. The van der Waals surface area contributed by atoms with Crippen LogP contribution >= 0.6 is 0 Å². The van der Waals surface area contributed by atoms with Gasteiger partial charge in [-0.2, -0.15) is 0 Å². The van der Waals surface area contributed by atoms with Crippen molar-refractivity contribution in [3.63, 3.8) is 0 Å². The van der Waals surface area contributed by atoms with Gasteiger partial charge in [-0.3, -0.25) is 4.40 Å². The number of aryl methyl sites for hydroxylation is 1. The van der Waals surface area contributed by atoms with Gasteiger partial charge in [-0.25, -0.2) is 9.97 Å². The topological polar surface area (TPSA) is 60.7 Å². The first-order valence-electron chi connectivity index (χ1n) is 6.96. The Labute approximate surface area is 128 Å². The van der Waals surface area contributed by atoms with Gasteiger partial charge in [0.15, 0.2) is 17.3 Å². The van der Waals surface area contributed by atoms with Crippen molar-refractivity contribution in [2.45, 2.75) is 13.5 Å². The standard InChI is InChI=1S/C16H18N4O2/c1-11-18-10-13-16(17-6-7-20(11)13)19-9-12-4-5-14(21-2)15(8-12)22-3/h4-8,10H,9H2,1-3H3,(H,17,19). The molecule has 0 radical (unpaired) electrons. The van der Waals surface area contributed by atoms with E-state index in [2.05, 4.69) is 15.3 Å². The number of hydrogen-bond donors (Lipinski definition) is 1. The molecule has 6 heteroatoms. The van der Waals surface area contributed by atoms with Gasteiger partial charge in [-0.1, -0.05) is 6.07 Å². The minimum absolute atomic E-state index is 0.636. The van der Waals surface area contributed by atoms with E-state index in [4.69, 9.17) is 9.47 Å². The van der Waals surface area contributed by atoms with Crippen LogP contribution in [0.4, 0.5) is 5.82 Å². The second-order valence-corrected chi connectivity index (χ2v) is 4.88. The summed E-state index contributed by atoms with van der Waals surface area (Å²) in [4.78, 5) is 8.69. The van der Waals surface area contributed by atoms with Gasteiger partial charge < -0.3 is 14.8 Å². The highest BCUT2D eigenvalue weighted by atomic mass is 16.5. The van der Waals surface area contributed by atoms with Crippen molar-refractivity contribution in [1.82, 2.24) is 14.4 Å². The average Bonchev–Trinajstić information content (AvgIpc) is 2.94. The number of fused-ring (bicyclic) bond motifs is 1. The maximum absolute atomic E-state index is 5.32. The zero-order valence-corrected chi connectivity index (χ0v) is 12.8. The molecule has 22 heavy (non-hydrogen) atoms. The van der Waals surface area contributed by atoms with E-state index in [9.17, 15) is 0 Å². The second-order valence-electron chi connectivity index (χ2n) is 4.88. The Kier molecular flexibility index (Phi) is 3.82. The van der Waals surface area contributed by atoms with Crippen LogP contribution in [0, 0.1) is 6.92 Å². The molecule has 3 aromatic rings. The number of imidazole rings is 1. The molecule has 0 spiro atoms. The Morgan fingerprint density at radius 2 is 1.95 bits per heavy atom. The summed E-state index contributed by atoms with van der Waals surface area (Å²) in [5.41, 5.74) is 2.04. The number of nitrogens with one attached hydrogen (secondary N) is 1. The third kappa shape index (κ3) is 2.55. The van der Waals surface area contributed by atoms with Gasteiger partial charge in [0, 0.05) is 18.9 Å². The highest BCUT2D eigenvalue weighted by Gasteiger charge is 2.07. The Hall–Kier alpha value is -2.76. The first kappa shape index (κ1) is 14.2. The molecular weight excluding hydrogens is 280 g/mol. The SMILES string of the molecule is COc1ccc(CNc2nccn3c(C)ncc23)cc1OC. The molecule has 6 nitrogen and oxygen atoms in total. The van der Waals surface area contributed by atoms with Crippen LogP contribution < -0.4 is 14.8 Å². The van der Waals surface area contributed by atoms with Crippen LogP contribution in [0.15, 0.2) is 36.8 Å². The molecule has 0 unspecified atom stereocenters. The monoisotopic (exact) mass is 298 g/mol. The molecule has 2 heterocycles. The van der Waals surface area contributed by atoms with E-state index in [1.165, 1.54) is 0 Å². The average molecular weight is 298 g/mol. The molecule has 0 fully saturated rings. The molecule has 0 amide bonds. The van der Waals surface area contributed by atoms with Gasteiger partial charge in [-0.05, 0) is 24.6 Å². The molecule has 0 aliphatic rings. The second kappa shape index (κ2) is 5.93. The first-order chi connectivity index (χ1) is 10.7. The van der Waals surface area contributed by atoms with E-state index in [0.717, 1.165) is 28.5 Å². The zero-order chi connectivity index (χ0) is 15.5. The normalized spacial score (nSPS) is 10.7. The summed E-state index contributed by atoms with van der Waals surface area (Å²) in [5.74, 6) is 3.18. The van der Waals surface area contributed by atoms with E-state index >= 15 is 0 Å². The van der Waals surface area contributed by atoms with Crippen molar-refractivity contribution in [2.75, 3.05) is 19.5 Å². The van der Waals surface area contributed by atoms with Gasteiger partial charge in [0.1, 0.15) is 11.3 Å². The maximum atomic E-state index is 5.32. The minimum atomic E-state index is 0.636. The van der Waals surface area contributed by atoms with Crippen LogP contribution in [0.25, 0.3) is 5.52 Å². The molecule has 0 saturated carbocycles. The number of nitrogens with zero attached hydrogens (tertiary/aromatic N) is 3. The lowest BCUT2D eigenvalue weighted by Crippen LogP contribution is -2.04. The summed E-state index contributed by atoms with van der Waals surface area (Å²) in [6.45, 7) is 2.60. The number of ether oxygens (including phenoxy) is 2. The molecule has 2 aromatic heterocycles. The quantitative estimate of drug-likeness (QED) is 0.784. The van der Waals surface area contributed by atoms with Crippen molar-refractivity contribution < 1.29 is 9.47 Å². The molecule has 0 bridgehead atoms. The summed E-state index contributed by atoms with van der Waals surface area (Å²) >= 11 is 0. The lowest BCUT2D eigenvalue weighted by molar-refractivity contribution is 0.354. The Morgan fingerprint density at radius 3 is 2.73 bits per heavy atom. The van der Waals surface area contributed by atoms with Crippen LogP contribution in [-0.4, -0.2) is 28.6 Å². The van der Waals surface area contributed by atoms with Gasteiger partial charge in [0.2, 0.25) is 0 Å². The number of anilines is 1. The van der Waals surface area contributed by atoms with Gasteiger partial charge >= 0.3 is 0 Å². The first-order valence-corrected chi connectivity index (χ1v) is 6.96. The van der Waals surface area contributed by atoms with Crippen LogP contribution in [0.2, 0.25) is 0 Å². The van der Waals surface area contributed by atoms with Gasteiger partial charge in [-0.15, -0.1) is 0 Å². The lowest BCUT2D eigenvalue weighted by atomic mass is 10.2. The van der Waals surface area contributed by atoms with Crippen molar-refractivity contribution in [3.05, 3.63) is 48.2 Å². The maximum Gasteiger partial charge on any atom is 0.161 e. The summed E-state index contributed by atoms with van der Waals surface area (Å²) in [6, 6.07) is 5.84. The highest BCUT2D eigenvalue weighted by molar-refractivity contribution is 5.67. The van der Waals surface area contributed by atoms with E-state index in [0.29, 0.717) is 12.3 Å². The van der Waals surface area contributed by atoms with Crippen molar-refractivity contribution in [2.24, 2.45) is 0 Å². The Balaban J connectivity index is 1.82. The summed E-state index contributed by atoms with van der Waals surface area (Å²) < 4.78 is 12.6. The fourth-order valence-electron chi connectivity index (χ4n) is 2.37. The molecule has 1 N–H and O–H groups in total. The van der Waals surface area contributed by atoms with E-state index in [1.54, 1.807) is 20.4 Å². The zero-order valence-electron chi connectivity index (χ0n) is 12.8. The minimum Gasteiger partial charge on any atom is -0.493 e. The van der Waals surface area contributed by atoms with Crippen LogP contribution in [-0.2, 0) is 6.54 Å². The predicted molar refractivity (Wildman–Crippen MR) is 84.6 cm³/mol. The molecule has 114 valence electrons. The molecule has 0 atom stereocenters. The largest absolute Gasteiger partial charge is 0.493 e. The van der Waals surface area contributed by atoms with E-state index in [1.807, 2.05) is 41.9 Å². The molecule has 0 saturated heterocycles. The third-order valence-corrected chi connectivity index (χ3v) is 3.55. The Bertz CT molecular complexity index is 798. The van der Waals surface area contributed by atoms with Crippen LogP contribution in [0.3, 0.4) is 0 Å². The smallest absolute Gasteiger partial charge is 0.161 e. The van der Waals surface area contributed by atoms with Crippen molar-refractivity contribution in [1.29, 1.82) is 0 Å². The summed E-state index contributed by atoms with van der Waals surface area (Å²) in [7, 11) is 3.26. The van der Waals surface area contributed by atoms with Crippen molar-refractivity contribution in [3.8, 4) is 11.5 Å². The number of benzene rings is 1. The number of rotatable bonds is 5. The Morgan fingerprint density at radius 1 is 1.14 bits per heavy atom. The highest BCUT2D eigenvalue weighted by Crippen LogP contribution is 2.28. The summed E-state index contributed by atoms with van der Waals surface area (Å²) in [5, 5.41) is 3.34. The van der Waals surface area contributed by atoms with E-state index in [-0.39, 0.29) is 0 Å². The number of aromatic nitrogens is 3. The lowest BCUT2D eigenvalue weighted by Gasteiger charge is -2.11. The number of methoxy groups -OCH3 is 2.